The summed E-state index contributed by atoms with van der Waals surface area (Å²) < 4.78 is 11.0. The van der Waals surface area contributed by atoms with Gasteiger partial charge in [0, 0.05) is 12.6 Å². The van der Waals surface area contributed by atoms with E-state index in [4.69, 9.17) is 9.47 Å². The van der Waals surface area contributed by atoms with Gasteiger partial charge in [-0.25, -0.2) is 0 Å². The molecule has 1 aromatic carbocycles. The number of ether oxygens (including phenoxy) is 2. The van der Waals surface area contributed by atoms with Crippen LogP contribution in [0.5, 0.6) is 5.75 Å². The lowest BCUT2D eigenvalue weighted by Gasteiger charge is -2.19. The third kappa shape index (κ3) is 6.55. The van der Waals surface area contributed by atoms with Crippen LogP contribution in [0, 0.1) is 10.1 Å². The van der Waals surface area contributed by atoms with E-state index in [1.54, 1.807) is 12.1 Å². The Morgan fingerprint density at radius 3 is 2.57 bits per heavy atom. The second-order valence-electron chi connectivity index (χ2n) is 5.65. The van der Waals surface area contributed by atoms with Crippen LogP contribution in [0.1, 0.15) is 33.3 Å². The van der Waals surface area contributed by atoms with Crippen molar-refractivity contribution in [1.29, 1.82) is 0 Å². The van der Waals surface area contributed by atoms with E-state index < -0.39 is 4.92 Å². The molecule has 0 saturated heterocycles. The Morgan fingerprint density at radius 1 is 1.29 bits per heavy atom. The molecule has 0 aliphatic rings. The highest BCUT2D eigenvalue weighted by Gasteiger charge is 2.16. The second kappa shape index (κ2) is 7.95. The van der Waals surface area contributed by atoms with Crippen LogP contribution in [0.2, 0.25) is 0 Å². The summed E-state index contributed by atoms with van der Waals surface area (Å²) in [6.07, 6.45) is 0. The molecule has 0 aliphatic heterocycles. The van der Waals surface area contributed by atoms with Crippen LogP contribution < -0.4 is 10.1 Å². The fourth-order valence-corrected chi connectivity index (χ4v) is 1.71. The van der Waals surface area contributed by atoms with Crippen molar-refractivity contribution in [2.45, 2.75) is 39.8 Å². The van der Waals surface area contributed by atoms with Gasteiger partial charge in [-0.2, -0.15) is 0 Å². The quantitative estimate of drug-likeness (QED) is 0.453. The van der Waals surface area contributed by atoms with Crippen molar-refractivity contribution >= 4 is 5.69 Å². The summed E-state index contributed by atoms with van der Waals surface area (Å²) in [6.45, 7) is 9.92. The molecular formula is C15H24N2O4. The Bertz CT molecular complexity index is 469. The van der Waals surface area contributed by atoms with E-state index in [-0.39, 0.29) is 23.6 Å². The van der Waals surface area contributed by atoms with Gasteiger partial charge in [0.05, 0.1) is 17.1 Å². The smallest absolute Gasteiger partial charge is 0.311 e. The van der Waals surface area contributed by atoms with Gasteiger partial charge in [0.2, 0.25) is 0 Å². The maximum atomic E-state index is 11.1. The van der Waals surface area contributed by atoms with Gasteiger partial charge in [-0.3, -0.25) is 10.1 Å². The molecular weight excluding hydrogens is 272 g/mol. The van der Waals surface area contributed by atoms with Crippen molar-refractivity contribution in [3.05, 3.63) is 33.9 Å². The third-order valence-corrected chi connectivity index (χ3v) is 2.68. The summed E-state index contributed by atoms with van der Waals surface area (Å²) in [7, 11) is 0. The minimum Gasteiger partial charge on any atom is -0.484 e. The average molecular weight is 296 g/mol. The summed E-state index contributed by atoms with van der Waals surface area (Å²) in [5, 5.41) is 14.2. The number of nitrogens with one attached hydrogen (secondary N) is 1. The van der Waals surface area contributed by atoms with E-state index in [0.29, 0.717) is 13.2 Å². The number of hydrogen-bond donors (Lipinski definition) is 1. The Labute approximate surface area is 125 Å². The molecule has 0 spiro atoms. The lowest BCUT2D eigenvalue weighted by Crippen LogP contribution is -2.22. The molecule has 0 fully saturated rings. The first-order valence-electron chi connectivity index (χ1n) is 7.08. The SMILES string of the molecule is CCNCc1ccc(OCCOC(C)(C)C)c([N+](=O)[O-])c1. The highest BCUT2D eigenvalue weighted by Crippen LogP contribution is 2.28. The van der Waals surface area contributed by atoms with E-state index in [1.165, 1.54) is 0 Å². The van der Waals surface area contributed by atoms with Crippen LogP contribution in [-0.4, -0.2) is 30.3 Å². The molecule has 0 aromatic heterocycles. The normalized spacial score (nSPS) is 11.4. The van der Waals surface area contributed by atoms with E-state index in [1.807, 2.05) is 33.8 Å². The first kappa shape index (κ1) is 17.4. The molecule has 0 radical (unpaired) electrons. The Balaban J connectivity index is 2.66. The first-order chi connectivity index (χ1) is 9.83. The van der Waals surface area contributed by atoms with E-state index in [0.717, 1.165) is 12.1 Å². The predicted molar refractivity (Wildman–Crippen MR) is 81.7 cm³/mol. The Kier molecular flexibility index (Phi) is 6.58. The van der Waals surface area contributed by atoms with Gasteiger partial charge in [-0.05, 0) is 38.9 Å². The zero-order valence-electron chi connectivity index (χ0n) is 13.1. The summed E-state index contributed by atoms with van der Waals surface area (Å²) in [4.78, 5) is 10.7. The molecule has 6 nitrogen and oxygen atoms in total. The number of nitro groups is 1. The fourth-order valence-electron chi connectivity index (χ4n) is 1.71. The van der Waals surface area contributed by atoms with Crippen molar-refractivity contribution in [2.24, 2.45) is 0 Å². The maximum absolute atomic E-state index is 11.1. The zero-order valence-corrected chi connectivity index (χ0v) is 13.1. The van der Waals surface area contributed by atoms with Crippen LogP contribution in [-0.2, 0) is 11.3 Å². The monoisotopic (exact) mass is 296 g/mol. The lowest BCUT2D eigenvalue weighted by atomic mass is 10.2. The minimum atomic E-state index is -0.421. The molecule has 6 heteroatoms. The molecule has 118 valence electrons. The van der Waals surface area contributed by atoms with Crippen molar-refractivity contribution in [1.82, 2.24) is 5.32 Å². The van der Waals surface area contributed by atoms with Crippen molar-refractivity contribution in [2.75, 3.05) is 19.8 Å². The van der Waals surface area contributed by atoms with Crippen LogP contribution in [0.3, 0.4) is 0 Å². The molecule has 0 saturated carbocycles. The molecule has 0 bridgehead atoms. The molecule has 1 N–H and O–H groups in total. The first-order valence-corrected chi connectivity index (χ1v) is 7.08. The molecule has 0 amide bonds. The van der Waals surface area contributed by atoms with Crippen LogP contribution in [0.4, 0.5) is 5.69 Å². The number of benzene rings is 1. The average Bonchev–Trinajstić information content (AvgIpc) is 2.40. The van der Waals surface area contributed by atoms with Crippen molar-refractivity contribution in [3.63, 3.8) is 0 Å². The number of nitro benzene ring substituents is 1. The van der Waals surface area contributed by atoms with Gasteiger partial charge in [0.25, 0.3) is 0 Å². The van der Waals surface area contributed by atoms with Crippen LogP contribution in [0.25, 0.3) is 0 Å². The summed E-state index contributed by atoms with van der Waals surface area (Å²) in [5.41, 5.74) is 0.605. The topological polar surface area (TPSA) is 73.6 Å². The fraction of sp³-hybridized carbons (Fsp3) is 0.600. The third-order valence-electron chi connectivity index (χ3n) is 2.68. The molecule has 21 heavy (non-hydrogen) atoms. The molecule has 0 unspecified atom stereocenters. The Morgan fingerprint density at radius 2 is 2.00 bits per heavy atom. The lowest BCUT2D eigenvalue weighted by molar-refractivity contribution is -0.386. The summed E-state index contributed by atoms with van der Waals surface area (Å²) in [5.74, 6) is 0.276. The van der Waals surface area contributed by atoms with Gasteiger partial charge in [-0.15, -0.1) is 0 Å². The van der Waals surface area contributed by atoms with Crippen LogP contribution >= 0.6 is 0 Å². The summed E-state index contributed by atoms with van der Waals surface area (Å²) >= 11 is 0. The highest BCUT2D eigenvalue weighted by atomic mass is 16.6. The van der Waals surface area contributed by atoms with Gasteiger partial charge in [0.1, 0.15) is 6.61 Å². The van der Waals surface area contributed by atoms with Crippen molar-refractivity contribution in [3.8, 4) is 5.75 Å². The Hall–Kier alpha value is -1.66. The number of nitrogens with zero attached hydrogens (tertiary/aromatic N) is 1. The molecule has 1 aromatic rings. The van der Waals surface area contributed by atoms with Gasteiger partial charge in [0.15, 0.2) is 5.75 Å². The number of hydrogen-bond acceptors (Lipinski definition) is 5. The highest BCUT2D eigenvalue weighted by molar-refractivity contribution is 5.48. The summed E-state index contributed by atoms with van der Waals surface area (Å²) in [6, 6.07) is 5.01. The maximum Gasteiger partial charge on any atom is 0.311 e. The molecule has 1 rings (SSSR count). The zero-order chi connectivity index (χ0) is 15.9. The van der Waals surface area contributed by atoms with Gasteiger partial charge < -0.3 is 14.8 Å². The second-order valence-corrected chi connectivity index (χ2v) is 5.65. The van der Waals surface area contributed by atoms with Gasteiger partial charge in [-0.1, -0.05) is 13.0 Å². The predicted octanol–water partition coefficient (Wildman–Crippen LogP) is 2.90. The largest absolute Gasteiger partial charge is 0.484 e. The van der Waals surface area contributed by atoms with Crippen molar-refractivity contribution < 1.29 is 14.4 Å². The van der Waals surface area contributed by atoms with E-state index >= 15 is 0 Å². The van der Waals surface area contributed by atoms with Crippen LogP contribution in [0.15, 0.2) is 18.2 Å². The van der Waals surface area contributed by atoms with E-state index in [9.17, 15) is 10.1 Å². The molecule has 0 aliphatic carbocycles. The number of rotatable bonds is 8. The molecule has 0 heterocycles. The van der Waals surface area contributed by atoms with Gasteiger partial charge >= 0.3 is 5.69 Å². The molecule has 0 atom stereocenters. The standard InChI is InChI=1S/C15H24N2O4/c1-5-16-11-12-6-7-14(13(10-12)17(18)19)20-8-9-21-15(2,3)4/h6-7,10,16H,5,8-9,11H2,1-4H3. The van der Waals surface area contributed by atoms with E-state index in [2.05, 4.69) is 5.32 Å². The minimum absolute atomic E-state index is 0.0128.